The normalized spacial score (nSPS) is 10.5. The van der Waals surface area contributed by atoms with Crippen LogP contribution in [0.3, 0.4) is 0 Å². The van der Waals surface area contributed by atoms with Crippen LogP contribution >= 0.6 is 0 Å². The highest BCUT2D eigenvalue weighted by Crippen LogP contribution is 2.06. The van der Waals surface area contributed by atoms with Crippen molar-refractivity contribution >= 4 is 5.91 Å². The third-order valence-electron chi connectivity index (χ3n) is 3.24. The molecule has 5 heteroatoms. The molecule has 2 rings (SSSR count). The van der Waals surface area contributed by atoms with Gasteiger partial charge in [0.05, 0.1) is 0 Å². The molecule has 20 heavy (non-hydrogen) atoms. The van der Waals surface area contributed by atoms with E-state index in [1.54, 1.807) is 6.20 Å². The predicted molar refractivity (Wildman–Crippen MR) is 77.0 cm³/mol. The molecule has 0 aliphatic heterocycles. The first kappa shape index (κ1) is 14.2. The Labute approximate surface area is 119 Å². The highest BCUT2D eigenvalue weighted by Gasteiger charge is 2.03. The maximum Gasteiger partial charge on any atom is 0.220 e. The number of hydrogen-bond donors (Lipinski definition) is 1. The minimum Gasteiger partial charge on any atom is -0.352 e. The van der Waals surface area contributed by atoms with Gasteiger partial charge in [-0.05, 0) is 37.5 Å². The van der Waals surface area contributed by atoms with E-state index in [-0.39, 0.29) is 5.91 Å². The quantitative estimate of drug-likeness (QED) is 0.875. The van der Waals surface area contributed by atoms with Crippen LogP contribution in [0.2, 0.25) is 0 Å². The van der Waals surface area contributed by atoms with Crippen LogP contribution < -0.4 is 5.32 Å². The molecule has 0 spiro atoms. The second-order valence-corrected chi connectivity index (χ2v) is 4.90. The van der Waals surface area contributed by atoms with E-state index in [9.17, 15) is 4.79 Å². The zero-order chi connectivity index (χ0) is 14.4. The molecule has 0 bridgehead atoms. The van der Waals surface area contributed by atoms with E-state index in [1.807, 2.05) is 37.0 Å². The summed E-state index contributed by atoms with van der Waals surface area (Å²) in [6.07, 6.45) is 6.76. The molecule has 1 amide bonds. The van der Waals surface area contributed by atoms with Crippen LogP contribution in [0.15, 0.2) is 30.7 Å². The smallest absolute Gasteiger partial charge is 0.220 e. The summed E-state index contributed by atoms with van der Waals surface area (Å²) in [6, 6.07) is 3.94. The summed E-state index contributed by atoms with van der Waals surface area (Å²) in [4.78, 5) is 16.0. The Morgan fingerprint density at radius 1 is 1.40 bits per heavy atom. The second-order valence-electron chi connectivity index (χ2n) is 4.90. The summed E-state index contributed by atoms with van der Waals surface area (Å²) in [5.74, 6) is 0.0652. The number of pyridine rings is 1. The molecule has 0 radical (unpaired) electrons. The first-order valence-electron chi connectivity index (χ1n) is 6.81. The van der Waals surface area contributed by atoms with E-state index in [0.717, 1.165) is 29.8 Å². The number of aromatic nitrogens is 3. The lowest BCUT2D eigenvalue weighted by atomic mass is 10.1. The minimum atomic E-state index is 0.0652. The zero-order valence-corrected chi connectivity index (χ0v) is 12.0. The van der Waals surface area contributed by atoms with Crippen molar-refractivity contribution in [3.8, 4) is 0 Å². The topological polar surface area (TPSA) is 59.8 Å². The number of amides is 1. The number of nitrogens with one attached hydrogen (secondary N) is 1. The molecule has 2 aromatic rings. The summed E-state index contributed by atoms with van der Waals surface area (Å²) in [7, 11) is 0. The molecule has 0 aliphatic carbocycles. The Morgan fingerprint density at radius 3 is 2.95 bits per heavy atom. The van der Waals surface area contributed by atoms with Gasteiger partial charge in [0.25, 0.3) is 0 Å². The summed E-state index contributed by atoms with van der Waals surface area (Å²) in [5, 5.41) is 7.02. The minimum absolute atomic E-state index is 0.0652. The fourth-order valence-electron chi connectivity index (χ4n) is 1.92. The number of nitrogens with zero attached hydrogens (tertiary/aromatic N) is 3. The van der Waals surface area contributed by atoms with E-state index in [4.69, 9.17) is 0 Å². The van der Waals surface area contributed by atoms with Gasteiger partial charge < -0.3 is 5.32 Å². The standard InChI is InChI=1S/C15H20N4O/c1-12-9-14(10-16-13(12)2)11-17-15(20)5-3-7-19-8-4-6-18-19/h4,6,8-10H,3,5,7,11H2,1-2H3,(H,17,20). The first-order valence-corrected chi connectivity index (χ1v) is 6.81. The lowest BCUT2D eigenvalue weighted by Gasteiger charge is -2.07. The van der Waals surface area contributed by atoms with Crippen LogP contribution in [0.4, 0.5) is 0 Å². The Morgan fingerprint density at radius 2 is 2.25 bits per heavy atom. The number of rotatable bonds is 6. The molecule has 106 valence electrons. The number of carbonyl (C=O) groups excluding carboxylic acids is 1. The summed E-state index contributed by atoms with van der Waals surface area (Å²) >= 11 is 0. The Hall–Kier alpha value is -2.17. The first-order chi connectivity index (χ1) is 9.65. The second kappa shape index (κ2) is 6.84. The molecular weight excluding hydrogens is 252 g/mol. The fraction of sp³-hybridized carbons (Fsp3) is 0.400. The highest BCUT2D eigenvalue weighted by molar-refractivity contribution is 5.75. The maximum atomic E-state index is 11.7. The van der Waals surface area contributed by atoms with Crippen LogP contribution in [0, 0.1) is 13.8 Å². The van der Waals surface area contributed by atoms with Crippen molar-refractivity contribution in [3.63, 3.8) is 0 Å². The van der Waals surface area contributed by atoms with Crippen LogP contribution in [-0.4, -0.2) is 20.7 Å². The monoisotopic (exact) mass is 272 g/mol. The van der Waals surface area contributed by atoms with Crippen LogP contribution in [0.1, 0.15) is 29.7 Å². The van der Waals surface area contributed by atoms with Crippen LogP contribution in [0.5, 0.6) is 0 Å². The van der Waals surface area contributed by atoms with Gasteiger partial charge in [-0.15, -0.1) is 0 Å². The van der Waals surface area contributed by atoms with Crippen molar-refractivity contribution < 1.29 is 4.79 Å². The average Bonchev–Trinajstić information content (AvgIpc) is 2.93. The van der Waals surface area contributed by atoms with Gasteiger partial charge in [0, 0.05) is 43.8 Å². The van der Waals surface area contributed by atoms with Crippen molar-refractivity contribution in [1.82, 2.24) is 20.1 Å². The lowest BCUT2D eigenvalue weighted by Crippen LogP contribution is -2.23. The molecule has 0 unspecified atom stereocenters. The predicted octanol–water partition coefficient (Wildman–Crippen LogP) is 1.99. The van der Waals surface area contributed by atoms with Gasteiger partial charge in [0.2, 0.25) is 5.91 Å². The van der Waals surface area contributed by atoms with Gasteiger partial charge in [0.15, 0.2) is 0 Å². The third kappa shape index (κ3) is 4.19. The molecule has 0 saturated heterocycles. The fourth-order valence-corrected chi connectivity index (χ4v) is 1.92. The van der Waals surface area contributed by atoms with Gasteiger partial charge in [0.1, 0.15) is 0 Å². The Kier molecular flexibility index (Phi) is 4.87. The molecule has 0 atom stereocenters. The van der Waals surface area contributed by atoms with Crippen LogP contribution in [0.25, 0.3) is 0 Å². The maximum absolute atomic E-state index is 11.7. The number of aryl methyl sites for hydroxylation is 3. The van der Waals surface area contributed by atoms with E-state index >= 15 is 0 Å². The van der Waals surface area contributed by atoms with E-state index in [0.29, 0.717) is 13.0 Å². The van der Waals surface area contributed by atoms with E-state index in [1.165, 1.54) is 0 Å². The molecule has 0 fully saturated rings. The molecule has 5 nitrogen and oxygen atoms in total. The van der Waals surface area contributed by atoms with Crippen molar-refractivity contribution in [2.75, 3.05) is 0 Å². The number of carbonyl (C=O) groups is 1. The van der Waals surface area contributed by atoms with Crippen molar-refractivity contribution in [2.45, 2.75) is 39.8 Å². The Bertz CT molecular complexity index is 563. The SMILES string of the molecule is Cc1cc(CNC(=O)CCCn2cccn2)cnc1C. The van der Waals surface area contributed by atoms with Crippen molar-refractivity contribution in [2.24, 2.45) is 0 Å². The average molecular weight is 272 g/mol. The molecule has 0 aromatic carbocycles. The van der Waals surface area contributed by atoms with E-state index in [2.05, 4.69) is 21.5 Å². The molecule has 2 aromatic heterocycles. The lowest BCUT2D eigenvalue weighted by molar-refractivity contribution is -0.121. The van der Waals surface area contributed by atoms with Crippen LogP contribution in [-0.2, 0) is 17.9 Å². The molecule has 1 N–H and O–H groups in total. The van der Waals surface area contributed by atoms with Crippen molar-refractivity contribution in [3.05, 3.63) is 47.5 Å². The molecule has 0 aliphatic rings. The largest absolute Gasteiger partial charge is 0.352 e. The highest BCUT2D eigenvalue weighted by atomic mass is 16.1. The summed E-state index contributed by atoms with van der Waals surface area (Å²) < 4.78 is 1.83. The van der Waals surface area contributed by atoms with Gasteiger partial charge in [-0.3, -0.25) is 14.5 Å². The van der Waals surface area contributed by atoms with Gasteiger partial charge >= 0.3 is 0 Å². The van der Waals surface area contributed by atoms with Gasteiger partial charge in [-0.2, -0.15) is 5.10 Å². The van der Waals surface area contributed by atoms with Gasteiger partial charge in [-0.1, -0.05) is 6.07 Å². The Balaban J connectivity index is 1.70. The zero-order valence-electron chi connectivity index (χ0n) is 12.0. The van der Waals surface area contributed by atoms with Crippen molar-refractivity contribution in [1.29, 1.82) is 0 Å². The summed E-state index contributed by atoms with van der Waals surface area (Å²) in [6.45, 7) is 5.31. The van der Waals surface area contributed by atoms with E-state index < -0.39 is 0 Å². The third-order valence-corrected chi connectivity index (χ3v) is 3.24. The van der Waals surface area contributed by atoms with Gasteiger partial charge in [-0.25, -0.2) is 0 Å². The number of hydrogen-bond acceptors (Lipinski definition) is 3. The molecule has 2 heterocycles. The molecule has 0 saturated carbocycles. The summed E-state index contributed by atoms with van der Waals surface area (Å²) in [5.41, 5.74) is 3.21. The molecular formula is C15H20N4O.